The second kappa shape index (κ2) is 8.83. The lowest BCUT2D eigenvalue weighted by Gasteiger charge is -2.28. The number of aromatic nitrogens is 6. The number of fused-ring (bicyclic) bond motifs is 2. The smallest absolute Gasteiger partial charge is 0.183 e. The molecule has 10 heteroatoms. The number of nitrogens with two attached hydrogens (primary N) is 1. The van der Waals surface area contributed by atoms with Crippen molar-refractivity contribution in [2.75, 3.05) is 29.9 Å². The maximum absolute atomic E-state index is 5.75. The maximum atomic E-state index is 5.75. The van der Waals surface area contributed by atoms with Crippen molar-refractivity contribution in [1.29, 1.82) is 0 Å². The van der Waals surface area contributed by atoms with Crippen LogP contribution in [0.2, 0.25) is 0 Å². The van der Waals surface area contributed by atoms with Gasteiger partial charge in [-0.25, -0.2) is 15.0 Å². The van der Waals surface area contributed by atoms with Crippen molar-refractivity contribution < 1.29 is 0 Å². The van der Waals surface area contributed by atoms with E-state index in [-0.39, 0.29) is 12.4 Å². The second-order valence-electron chi connectivity index (χ2n) is 7.28. The highest BCUT2D eigenvalue weighted by atomic mass is 35.5. The van der Waals surface area contributed by atoms with Crippen LogP contribution in [0.1, 0.15) is 17.7 Å². The molecule has 0 saturated heterocycles. The summed E-state index contributed by atoms with van der Waals surface area (Å²) in [4.78, 5) is 22.6. The SMILES string of the molecule is CN(c1cnc2c(N3CCCc4ncccc43)n[nH]c2n1)c1ncccc1CCN.Cl. The van der Waals surface area contributed by atoms with Crippen molar-refractivity contribution in [3.63, 3.8) is 0 Å². The highest BCUT2D eigenvalue weighted by Gasteiger charge is 2.24. The predicted molar refractivity (Wildman–Crippen MR) is 124 cm³/mol. The van der Waals surface area contributed by atoms with E-state index in [2.05, 4.69) is 31.1 Å². The molecule has 160 valence electrons. The van der Waals surface area contributed by atoms with Gasteiger partial charge in [0.2, 0.25) is 0 Å². The molecule has 0 unspecified atom stereocenters. The number of aryl methyl sites for hydroxylation is 1. The van der Waals surface area contributed by atoms with Gasteiger partial charge in [-0.05, 0) is 49.6 Å². The zero-order valence-corrected chi connectivity index (χ0v) is 18.0. The summed E-state index contributed by atoms with van der Waals surface area (Å²) in [6.45, 7) is 1.44. The summed E-state index contributed by atoms with van der Waals surface area (Å²) < 4.78 is 0. The second-order valence-corrected chi connectivity index (χ2v) is 7.28. The monoisotopic (exact) mass is 437 g/mol. The first-order valence-electron chi connectivity index (χ1n) is 10.1. The van der Waals surface area contributed by atoms with Crippen LogP contribution in [0.25, 0.3) is 11.2 Å². The molecule has 0 saturated carbocycles. The van der Waals surface area contributed by atoms with E-state index in [9.17, 15) is 0 Å². The predicted octanol–water partition coefficient (Wildman–Crippen LogP) is 2.92. The molecule has 0 aliphatic carbocycles. The van der Waals surface area contributed by atoms with E-state index in [0.717, 1.165) is 59.9 Å². The van der Waals surface area contributed by atoms with Gasteiger partial charge in [0.15, 0.2) is 22.8 Å². The largest absolute Gasteiger partial charge is 0.330 e. The molecule has 0 bridgehead atoms. The Kier molecular flexibility index (Phi) is 5.97. The number of hydrogen-bond acceptors (Lipinski definition) is 8. The normalized spacial score (nSPS) is 13.0. The number of rotatable bonds is 5. The lowest BCUT2D eigenvalue weighted by Crippen LogP contribution is -2.25. The molecule has 9 nitrogen and oxygen atoms in total. The van der Waals surface area contributed by atoms with E-state index in [1.807, 2.05) is 36.3 Å². The molecule has 0 atom stereocenters. The lowest BCUT2D eigenvalue weighted by atomic mass is 10.1. The van der Waals surface area contributed by atoms with E-state index in [0.29, 0.717) is 18.0 Å². The standard InChI is InChI=1S/C21H23N9.ClH/c1-29(20-14(8-9-22)5-2-11-24-20)17-13-25-18-19(26-17)27-28-21(18)30-12-4-6-15-16(30)7-3-10-23-15;/h2-3,5,7,10-11,13H,4,6,8-9,12,22H2,1H3,(H,26,27,28);1H. The van der Waals surface area contributed by atoms with Gasteiger partial charge in [0.25, 0.3) is 0 Å². The molecule has 1 aliphatic heterocycles. The summed E-state index contributed by atoms with van der Waals surface area (Å²) in [5, 5.41) is 7.59. The van der Waals surface area contributed by atoms with Gasteiger partial charge in [-0.3, -0.25) is 10.1 Å². The van der Waals surface area contributed by atoms with Crippen LogP contribution in [-0.2, 0) is 12.8 Å². The minimum Gasteiger partial charge on any atom is -0.330 e. The molecular weight excluding hydrogens is 414 g/mol. The van der Waals surface area contributed by atoms with Crippen LogP contribution in [0.15, 0.2) is 42.9 Å². The lowest BCUT2D eigenvalue weighted by molar-refractivity contribution is 0.738. The van der Waals surface area contributed by atoms with Crippen LogP contribution in [0.4, 0.5) is 23.1 Å². The van der Waals surface area contributed by atoms with E-state index >= 15 is 0 Å². The Morgan fingerprint density at radius 2 is 2.00 bits per heavy atom. The number of H-pyrrole nitrogens is 1. The molecule has 31 heavy (non-hydrogen) atoms. The van der Waals surface area contributed by atoms with Gasteiger partial charge in [0.05, 0.1) is 17.6 Å². The number of nitrogens with zero attached hydrogens (tertiary/aromatic N) is 7. The van der Waals surface area contributed by atoms with Crippen molar-refractivity contribution in [2.45, 2.75) is 19.3 Å². The van der Waals surface area contributed by atoms with Gasteiger partial charge in [0.1, 0.15) is 5.82 Å². The Morgan fingerprint density at radius 3 is 2.87 bits per heavy atom. The third kappa shape index (κ3) is 3.77. The Hall–Kier alpha value is -3.30. The quantitative estimate of drug-likeness (QED) is 0.490. The van der Waals surface area contributed by atoms with Crippen LogP contribution >= 0.6 is 12.4 Å². The number of halogens is 1. The topological polar surface area (TPSA) is 113 Å². The van der Waals surface area contributed by atoms with Crippen LogP contribution in [0.3, 0.4) is 0 Å². The van der Waals surface area contributed by atoms with Gasteiger partial charge in [-0.1, -0.05) is 6.07 Å². The summed E-state index contributed by atoms with van der Waals surface area (Å²) in [5.41, 5.74) is 10.4. The van der Waals surface area contributed by atoms with Crippen LogP contribution in [0.5, 0.6) is 0 Å². The van der Waals surface area contributed by atoms with Gasteiger partial charge >= 0.3 is 0 Å². The Bertz CT molecular complexity index is 1190. The summed E-state index contributed by atoms with van der Waals surface area (Å²) in [5.74, 6) is 2.30. The molecule has 0 fully saturated rings. The van der Waals surface area contributed by atoms with E-state index in [4.69, 9.17) is 15.7 Å². The molecular formula is C21H24ClN9. The van der Waals surface area contributed by atoms with Crippen molar-refractivity contribution >= 4 is 46.7 Å². The molecule has 5 rings (SSSR count). The number of nitrogens with one attached hydrogen (secondary N) is 1. The molecule has 4 aromatic rings. The fraction of sp³-hybridized carbons (Fsp3) is 0.286. The summed E-state index contributed by atoms with van der Waals surface area (Å²) in [6.07, 6.45) is 8.12. The molecule has 4 aromatic heterocycles. The first-order chi connectivity index (χ1) is 14.8. The van der Waals surface area contributed by atoms with Crippen molar-refractivity contribution in [3.8, 4) is 0 Å². The van der Waals surface area contributed by atoms with Gasteiger partial charge in [-0.2, -0.15) is 5.10 Å². The van der Waals surface area contributed by atoms with E-state index < -0.39 is 0 Å². The molecule has 5 heterocycles. The molecule has 0 spiro atoms. The number of anilines is 4. The van der Waals surface area contributed by atoms with Gasteiger partial charge in [0, 0.05) is 26.0 Å². The van der Waals surface area contributed by atoms with E-state index in [1.165, 1.54) is 0 Å². The first-order valence-corrected chi connectivity index (χ1v) is 10.1. The third-order valence-corrected chi connectivity index (χ3v) is 5.39. The van der Waals surface area contributed by atoms with Crippen molar-refractivity contribution in [2.24, 2.45) is 5.73 Å². The van der Waals surface area contributed by atoms with Crippen molar-refractivity contribution in [1.82, 2.24) is 30.1 Å². The molecule has 0 aromatic carbocycles. The highest BCUT2D eigenvalue weighted by Crippen LogP contribution is 2.34. The Morgan fingerprint density at radius 1 is 1.16 bits per heavy atom. The Labute approximate surface area is 186 Å². The number of hydrogen-bond donors (Lipinski definition) is 2. The average Bonchev–Trinajstić information content (AvgIpc) is 3.22. The first kappa shape index (κ1) is 21.0. The fourth-order valence-electron chi connectivity index (χ4n) is 3.93. The summed E-state index contributed by atoms with van der Waals surface area (Å²) in [7, 11) is 1.93. The summed E-state index contributed by atoms with van der Waals surface area (Å²) in [6, 6.07) is 7.99. The van der Waals surface area contributed by atoms with Crippen molar-refractivity contribution in [3.05, 3.63) is 54.1 Å². The minimum absolute atomic E-state index is 0. The average molecular weight is 438 g/mol. The zero-order chi connectivity index (χ0) is 20.5. The molecule has 1 aliphatic rings. The van der Waals surface area contributed by atoms with Crippen LogP contribution in [-0.4, -0.2) is 50.3 Å². The number of aromatic amines is 1. The molecule has 3 N–H and O–H groups in total. The number of pyridine rings is 2. The van der Waals surface area contributed by atoms with E-state index in [1.54, 1.807) is 12.4 Å². The third-order valence-electron chi connectivity index (χ3n) is 5.39. The van der Waals surface area contributed by atoms with Gasteiger partial charge in [-0.15, -0.1) is 12.4 Å². The summed E-state index contributed by atoms with van der Waals surface area (Å²) >= 11 is 0. The molecule has 0 radical (unpaired) electrons. The zero-order valence-electron chi connectivity index (χ0n) is 17.2. The Balaban J connectivity index is 0.00000231. The maximum Gasteiger partial charge on any atom is 0.183 e. The minimum atomic E-state index is 0. The fourth-order valence-corrected chi connectivity index (χ4v) is 3.93. The van der Waals surface area contributed by atoms with Crippen LogP contribution in [0, 0.1) is 0 Å². The molecule has 0 amide bonds. The van der Waals surface area contributed by atoms with Crippen LogP contribution < -0.4 is 15.5 Å². The highest BCUT2D eigenvalue weighted by molar-refractivity contribution is 5.87. The van der Waals surface area contributed by atoms with Gasteiger partial charge < -0.3 is 15.5 Å².